The maximum Gasteiger partial charge on any atom is 0.411 e. The summed E-state index contributed by atoms with van der Waals surface area (Å²) >= 11 is 0. The van der Waals surface area contributed by atoms with E-state index in [0.717, 1.165) is 0 Å². The average molecular weight is 271 g/mol. The van der Waals surface area contributed by atoms with Crippen LogP contribution in [0.5, 0.6) is 0 Å². The third-order valence-electron chi connectivity index (χ3n) is 3.27. The van der Waals surface area contributed by atoms with Gasteiger partial charge in [-0.2, -0.15) is 0 Å². The zero-order chi connectivity index (χ0) is 15.0. The topological polar surface area (TPSA) is 66.8 Å². The lowest BCUT2D eigenvalue weighted by Gasteiger charge is -2.37. The van der Waals surface area contributed by atoms with E-state index in [1.807, 2.05) is 20.8 Å². The van der Waals surface area contributed by atoms with Crippen molar-refractivity contribution in [3.8, 4) is 0 Å². The molecule has 110 valence electrons. The van der Waals surface area contributed by atoms with Crippen molar-refractivity contribution in [3.05, 3.63) is 0 Å². The zero-order valence-electron chi connectivity index (χ0n) is 12.7. The van der Waals surface area contributed by atoms with Gasteiger partial charge in [-0.3, -0.25) is 4.90 Å². The van der Waals surface area contributed by atoms with Crippen LogP contribution in [0.2, 0.25) is 0 Å². The van der Waals surface area contributed by atoms with Crippen LogP contribution in [0.15, 0.2) is 0 Å². The SMILES string of the molecule is CC(C)(C)OC(=O)N1[C@@H](C(=O)O)CC[C@H]1C(C)(C)C. The van der Waals surface area contributed by atoms with Crippen molar-refractivity contribution >= 4 is 12.1 Å². The summed E-state index contributed by atoms with van der Waals surface area (Å²) in [5.41, 5.74) is -0.785. The number of rotatable bonds is 1. The van der Waals surface area contributed by atoms with E-state index in [0.29, 0.717) is 12.8 Å². The summed E-state index contributed by atoms with van der Waals surface area (Å²) in [5, 5.41) is 9.26. The van der Waals surface area contributed by atoms with Crippen LogP contribution in [0.4, 0.5) is 4.79 Å². The molecule has 0 spiro atoms. The molecule has 0 aromatic carbocycles. The first-order valence-electron chi connectivity index (χ1n) is 6.67. The zero-order valence-corrected chi connectivity index (χ0v) is 12.7. The van der Waals surface area contributed by atoms with Crippen molar-refractivity contribution in [3.63, 3.8) is 0 Å². The Hall–Kier alpha value is -1.26. The van der Waals surface area contributed by atoms with Gasteiger partial charge in [-0.05, 0) is 39.0 Å². The molecule has 1 fully saturated rings. The van der Waals surface area contributed by atoms with Crippen molar-refractivity contribution in [2.45, 2.75) is 72.1 Å². The van der Waals surface area contributed by atoms with Crippen LogP contribution in [0.1, 0.15) is 54.4 Å². The van der Waals surface area contributed by atoms with Gasteiger partial charge in [0, 0.05) is 6.04 Å². The minimum Gasteiger partial charge on any atom is -0.480 e. The Morgan fingerprint density at radius 1 is 1.11 bits per heavy atom. The fourth-order valence-corrected chi connectivity index (χ4v) is 2.47. The van der Waals surface area contributed by atoms with Crippen LogP contribution >= 0.6 is 0 Å². The van der Waals surface area contributed by atoms with Crippen LogP contribution in [0.3, 0.4) is 0 Å². The lowest BCUT2D eigenvalue weighted by atomic mass is 9.85. The van der Waals surface area contributed by atoms with Gasteiger partial charge in [0.1, 0.15) is 11.6 Å². The molecule has 0 aromatic rings. The van der Waals surface area contributed by atoms with Crippen molar-refractivity contribution in [2.24, 2.45) is 5.41 Å². The van der Waals surface area contributed by atoms with E-state index >= 15 is 0 Å². The minimum atomic E-state index is -0.961. The summed E-state index contributed by atoms with van der Waals surface area (Å²) in [6, 6.07) is -0.887. The van der Waals surface area contributed by atoms with E-state index in [4.69, 9.17) is 4.74 Å². The molecular formula is C14H25NO4. The molecule has 1 amide bonds. The summed E-state index contributed by atoms with van der Waals surface area (Å²) < 4.78 is 5.35. The van der Waals surface area contributed by atoms with Gasteiger partial charge in [-0.25, -0.2) is 9.59 Å². The number of aliphatic carboxylic acids is 1. The van der Waals surface area contributed by atoms with E-state index in [-0.39, 0.29) is 11.5 Å². The van der Waals surface area contributed by atoms with Crippen molar-refractivity contribution in [1.29, 1.82) is 0 Å². The number of carbonyl (C=O) groups excluding carboxylic acids is 1. The third kappa shape index (κ3) is 3.85. The Kier molecular flexibility index (Phi) is 4.17. The highest BCUT2D eigenvalue weighted by Gasteiger charge is 2.47. The summed E-state index contributed by atoms with van der Waals surface area (Å²) in [5.74, 6) is -0.961. The summed E-state index contributed by atoms with van der Waals surface area (Å²) in [4.78, 5) is 25.0. The molecule has 0 aliphatic carbocycles. The molecule has 0 saturated carbocycles. The van der Waals surface area contributed by atoms with Crippen molar-refractivity contribution in [2.75, 3.05) is 0 Å². The molecule has 2 atom stereocenters. The fourth-order valence-electron chi connectivity index (χ4n) is 2.47. The molecule has 1 aliphatic heterocycles. The number of hydrogen-bond acceptors (Lipinski definition) is 3. The second kappa shape index (κ2) is 5.02. The molecule has 1 N–H and O–H groups in total. The van der Waals surface area contributed by atoms with Gasteiger partial charge in [0.05, 0.1) is 0 Å². The van der Waals surface area contributed by atoms with E-state index in [9.17, 15) is 14.7 Å². The average Bonchev–Trinajstić information content (AvgIpc) is 2.57. The van der Waals surface area contributed by atoms with Crippen LogP contribution in [-0.2, 0) is 9.53 Å². The monoisotopic (exact) mass is 271 g/mol. The largest absolute Gasteiger partial charge is 0.480 e. The van der Waals surface area contributed by atoms with Gasteiger partial charge < -0.3 is 9.84 Å². The van der Waals surface area contributed by atoms with Gasteiger partial charge in [-0.1, -0.05) is 20.8 Å². The maximum absolute atomic E-state index is 12.3. The lowest BCUT2D eigenvalue weighted by molar-refractivity contribution is -0.143. The maximum atomic E-state index is 12.3. The number of hydrogen-bond donors (Lipinski definition) is 1. The number of likely N-dealkylation sites (tertiary alicyclic amines) is 1. The van der Waals surface area contributed by atoms with Crippen LogP contribution in [0, 0.1) is 5.41 Å². The predicted octanol–water partition coefficient (Wildman–Crippen LogP) is 2.89. The molecule has 1 heterocycles. The van der Waals surface area contributed by atoms with Gasteiger partial charge >= 0.3 is 12.1 Å². The van der Waals surface area contributed by atoms with E-state index < -0.39 is 23.7 Å². The predicted molar refractivity (Wildman–Crippen MR) is 72.0 cm³/mol. The van der Waals surface area contributed by atoms with Gasteiger partial charge in [0.2, 0.25) is 0 Å². The molecule has 5 heteroatoms. The first-order valence-corrected chi connectivity index (χ1v) is 6.67. The lowest BCUT2D eigenvalue weighted by Crippen LogP contribution is -2.51. The van der Waals surface area contributed by atoms with Crippen LogP contribution in [0.25, 0.3) is 0 Å². The van der Waals surface area contributed by atoms with Crippen LogP contribution in [-0.4, -0.2) is 39.8 Å². The molecule has 0 aromatic heterocycles. The third-order valence-corrected chi connectivity index (χ3v) is 3.27. The van der Waals surface area contributed by atoms with Gasteiger partial charge in [0.25, 0.3) is 0 Å². The van der Waals surface area contributed by atoms with Crippen molar-refractivity contribution in [1.82, 2.24) is 4.90 Å². The van der Waals surface area contributed by atoms with E-state index in [2.05, 4.69) is 0 Å². The number of carbonyl (C=O) groups is 2. The van der Waals surface area contributed by atoms with E-state index in [1.165, 1.54) is 4.90 Å². The number of ether oxygens (including phenoxy) is 1. The second-order valence-corrected chi connectivity index (χ2v) is 7.20. The summed E-state index contributed by atoms with van der Waals surface area (Å²) in [7, 11) is 0. The molecule has 0 radical (unpaired) electrons. The minimum absolute atomic E-state index is 0.108. The number of nitrogens with zero attached hydrogens (tertiary/aromatic N) is 1. The normalized spacial score (nSPS) is 24.4. The second-order valence-electron chi connectivity index (χ2n) is 7.20. The Morgan fingerprint density at radius 2 is 1.63 bits per heavy atom. The molecule has 1 rings (SSSR count). The molecular weight excluding hydrogens is 246 g/mol. The van der Waals surface area contributed by atoms with E-state index in [1.54, 1.807) is 20.8 Å². The highest BCUT2D eigenvalue weighted by molar-refractivity contribution is 5.81. The summed E-state index contributed by atoms with van der Waals surface area (Å²) in [6.45, 7) is 11.4. The smallest absolute Gasteiger partial charge is 0.411 e. The Bertz CT molecular complexity index is 365. The molecule has 0 bridgehead atoms. The highest BCUT2D eigenvalue weighted by atomic mass is 16.6. The first-order chi connectivity index (χ1) is 8.43. The molecule has 1 aliphatic rings. The molecule has 1 saturated heterocycles. The molecule has 0 unspecified atom stereocenters. The van der Waals surface area contributed by atoms with Crippen molar-refractivity contribution < 1.29 is 19.4 Å². The quantitative estimate of drug-likeness (QED) is 0.796. The Labute approximate surface area is 114 Å². The van der Waals surface area contributed by atoms with Gasteiger partial charge in [-0.15, -0.1) is 0 Å². The standard InChI is InChI=1S/C14H25NO4/c1-13(2,3)10-8-7-9(11(16)17)15(10)12(18)19-14(4,5)6/h9-10H,7-8H2,1-6H3,(H,16,17)/t9-,10+/m1/s1. The van der Waals surface area contributed by atoms with Gasteiger partial charge in [0.15, 0.2) is 0 Å². The number of carboxylic acids is 1. The van der Waals surface area contributed by atoms with Crippen LogP contribution < -0.4 is 0 Å². The Balaban J connectivity index is 2.99. The first kappa shape index (κ1) is 15.8. The summed E-state index contributed by atoms with van der Waals surface area (Å²) in [6.07, 6.45) is 0.647. The molecule has 5 nitrogen and oxygen atoms in total. The molecule has 19 heavy (non-hydrogen) atoms. The fraction of sp³-hybridized carbons (Fsp3) is 0.857. The number of amides is 1. The number of carboxylic acid groups (broad SMARTS) is 1. The highest BCUT2D eigenvalue weighted by Crippen LogP contribution is 2.37. The Morgan fingerprint density at radius 3 is 2.00 bits per heavy atom.